The van der Waals surface area contributed by atoms with E-state index >= 15 is 0 Å². The predicted molar refractivity (Wildman–Crippen MR) is 88.7 cm³/mol. The first kappa shape index (κ1) is 17.0. The molecule has 0 atom stereocenters. The number of nitrogens with one attached hydrogen (secondary N) is 1. The molecule has 1 fully saturated rings. The van der Waals surface area contributed by atoms with E-state index in [9.17, 15) is 9.59 Å². The van der Waals surface area contributed by atoms with Crippen LogP contribution < -0.4 is 5.32 Å². The van der Waals surface area contributed by atoms with Crippen molar-refractivity contribution in [1.82, 2.24) is 4.90 Å². The molecule has 0 radical (unpaired) electrons. The van der Waals surface area contributed by atoms with Crippen LogP contribution in [0.5, 0.6) is 0 Å². The lowest BCUT2D eigenvalue weighted by atomic mass is 10.1. The van der Waals surface area contributed by atoms with Gasteiger partial charge in [-0.25, -0.2) is 0 Å². The second-order valence-corrected chi connectivity index (χ2v) is 6.00. The van der Waals surface area contributed by atoms with E-state index in [1.165, 1.54) is 19.8 Å². The van der Waals surface area contributed by atoms with Gasteiger partial charge in [0.15, 0.2) is 0 Å². The molecule has 2 rings (SSSR count). The summed E-state index contributed by atoms with van der Waals surface area (Å²) in [7, 11) is 0. The number of amides is 2. The summed E-state index contributed by atoms with van der Waals surface area (Å²) < 4.78 is 0. The fourth-order valence-electron chi connectivity index (χ4n) is 3.10. The first-order valence-electron chi connectivity index (χ1n) is 8.18. The van der Waals surface area contributed by atoms with Crippen molar-refractivity contribution >= 4 is 17.5 Å². The lowest BCUT2D eigenvalue weighted by molar-refractivity contribution is -0.135. The zero-order chi connectivity index (χ0) is 16.7. The molecule has 0 aliphatic heterocycles. The summed E-state index contributed by atoms with van der Waals surface area (Å²) in [5.74, 6) is -0.326. The van der Waals surface area contributed by atoms with Crippen LogP contribution in [0.1, 0.15) is 51.0 Å². The van der Waals surface area contributed by atoms with Gasteiger partial charge in [0.1, 0.15) is 12.6 Å². The standard InChI is InChI=1S/C18H23N3O2/c1-14(22)21(16-9-4-2-3-5-10-16)13-18(23)20-17-11-7-6-8-15(17)12-19/h6-8,11,16H,2-5,9-10,13H2,1H3,(H,20,23). The van der Waals surface area contributed by atoms with E-state index in [0.717, 1.165) is 25.7 Å². The summed E-state index contributed by atoms with van der Waals surface area (Å²) in [5, 5.41) is 11.8. The lowest BCUT2D eigenvalue weighted by Crippen LogP contribution is -2.43. The third-order valence-electron chi connectivity index (χ3n) is 4.31. The van der Waals surface area contributed by atoms with Crippen molar-refractivity contribution in [3.8, 4) is 6.07 Å². The zero-order valence-electron chi connectivity index (χ0n) is 13.5. The summed E-state index contributed by atoms with van der Waals surface area (Å²) in [4.78, 5) is 25.9. The summed E-state index contributed by atoms with van der Waals surface area (Å²) >= 11 is 0. The van der Waals surface area contributed by atoms with Crippen LogP contribution in [0.3, 0.4) is 0 Å². The fraction of sp³-hybridized carbons (Fsp3) is 0.500. The molecule has 0 heterocycles. The summed E-state index contributed by atoms with van der Waals surface area (Å²) in [5.41, 5.74) is 0.911. The van der Waals surface area contributed by atoms with E-state index in [0.29, 0.717) is 11.3 Å². The highest BCUT2D eigenvalue weighted by atomic mass is 16.2. The van der Waals surface area contributed by atoms with Crippen LogP contribution in [-0.2, 0) is 9.59 Å². The molecule has 1 aliphatic carbocycles. The van der Waals surface area contributed by atoms with E-state index in [1.807, 2.05) is 0 Å². The first-order chi connectivity index (χ1) is 11.1. The Bertz CT molecular complexity index is 599. The number of nitriles is 1. The van der Waals surface area contributed by atoms with Gasteiger partial charge >= 0.3 is 0 Å². The van der Waals surface area contributed by atoms with Gasteiger partial charge in [-0.05, 0) is 25.0 Å². The fourth-order valence-corrected chi connectivity index (χ4v) is 3.10. The number of hydrogen-bond donors (Lipinski definition) is 1. The van der Waals surface area contributed by atoms with Crippen molar-refractivity contribution in [2.75, 3.05) is 11.9 Å². The highest BCUT2D eigenvalue weighted by Gasteiger charge is 2.24. The van der Waals surface area contributed by atoms with E-state index < -0.39 is 0 Å². The largest absolute Gasteiger partial charge is 0.331 e. The Morgan fingerprint density at radius 2 is 1.87 bits per heavy atom. The van der Waals surface area contributed by atoms with Crippen molar-refractivity contribution in [2.24, 2.45) is 0 Å². The topological polar surface area (TPSA) is 73.2 Å². The molecule has 0 unspecified atom stereocenters. The number of carbonyl (C=O) groups is 2. The van der Waals surface area contributed by atoms with Crippen molar-refractivity contribution in [3.05, 3.63) is 29.8 Å². The Morgan fingerprint density at radius 3 is 2.48 bits per heavy atom. The molecule has 1 aliphatic rings. The highest BCUT2D eigenvalue weighted by Crippen LogP contribution is 2.22. The summed E-state index contributed by atoms with van der Waals surface area (Å²) in [6.07, 6.45) is 6.53. The van der Waals surface area contributed by atoms with Crippen LogP contribution in [0.25, 0.3) is 0 Å². The molecule has 0 aromatic heterocycles. The van der Waals surface area contributed by atoms with E-state index in [2.05, 4.69) is 11.4 Å². The summed E-state index contributed by atoms with van der Waals surface area (Å²) in [6.45, 7) is 1.56. The van der Waals surface area contributed by atoms with Crippen molar-refractivity contribution < 1.29 is 9.59 Å². The maximum absolute atomic E-state index is 12.3. The van der Waals surface area contributed by atoms with Crippen molar-refractivity contribution in [3.63, 3.8) is 0 Å². The van der Waals surface area contributed by atoms with Crippen LogP contribution in [0.2, 0.25) is 0 Å². The van der Waals surface area contributed by atoms with Crippen molar-refractivity contribution in [2.45, 2.75) is 51.5 Å². The monoisotopic (exact) mass is 313 g/mol. The maximum Gasteiger partial charge on any atom is 0.244 e. The lowest BCUT2D eigenvalue weighted by Gasteiger charge is -2.29. The third kappa shape index (κ3) is 4.82. The first-order valence-corrected chi connectivity index (χ1v) is 8.18. The third-order valence-corrected chi connectivity index (χ3v) is 4.31. The van der Waals surface area contributed by atoms with Crippen LogP contribution >= 0.6 is 0 Å². The van der Waals surface area contributed by atoms with E-state index in [4.69, 9.17) is 5.26 Å². The second kappa shape index (κ2) is 8.33. The van der Waals surface area contributed by atoms with Gasteiger partial charge in [-0.15, -0.1) is 0 Å². The Morgan fingerprint density at radius 1 is 1.22 bits per heavy atom. The molecule has 1 N–H and O–H groups in total. The summed E-state index contributed by atoms with van der Waals surface area (Å²) in [6, 6.07) is 9.07. The van der Waals surface area contributed by atoms with E-state index in [1.54, 1.807) is 29.2 Å². The van der Waals surface area contributed by atoms with Crippen LogP contribution in [-0.4, -0.2) is 29.3 Å². The molecule has 0 saturated heterocycles. The molecular formula is C18H23N3O2. The average molecular weight is 313 g/mol. The minimum atomic E-state index is -0.257. The van der Waals surface area contributed by atoms with Gasteiger partial charge in [0.2, 0.25) is 11.8 Å². The Kier molecular flexibility index (Phi) is 6.16. The van der Waals surface area contributed by atoms with Crippen LogP contribution in [0.15, 0.2) is 24.3 Å². The number of nitrogens with zero attached hydrogens (tertiary/aromatic N) is 2. The Balaban J connectivity index is 2.03. The molecular weight excluding hydrogens is 290 g/mol. The Hall–Kier alpha value is -2.35. The van der Waals surface area contributed by atoms with Gasteiger partial charge in [0.25, 0.3) is 0 Å². The molecule has 23 heavy (non-hydrogen) atoms. The molecule has 5 nitrogen and oxygen atoms in total. The number of benzene rings is 1. The molecule has 5 heteroatoms. The number of para-hydroxylation sites is 1. The molecule has 122 valence electrons. The zero-order valence-corrected chi connectivity index (χ0v) is 13.5. The minimum Gasteiger partial charge on any atom is -0.331 e. The average Bonchev–Trinajstić information content (AvgIpc) is 2.82. The molecule has 1 aromatic carbocycles. The number of hydrogen-bond acceptors (Lipinski definition) is 3. The van der Waals surface area contributed by atoms with Crippen molar-refractivity contribution in [1.29, 1.82) is 5.26 Å². The van der Waals surface area contributed by atoms with Crippen LogP contribution in [0, 0.1) is 11.3 Å². The van der Waals surface area contributed by atoms with E-state index in [-0.39, 0.29) is 24.4 Å². The number of rotatable bonds is 4. The minimum absolute atomic E-state index is 0.0414. The van der Waals surface area contributed by atoms with Gasteiger partial charge in [0, 0.05) is 13.0 Å². The normalized spacial score (nSPS) is 15.3. The van der Waals surface area contributed by atoms with Gasteiger partial charge in [-0.1, -0.05) is 37.8 Å². The highest BCUT2D eigenvalue weighted by molar-refractivity contribution is 5.95. The smallest absolute Gasteiger partial charge is 0.244 e. The van der Waals surface area contributed by atoms with Gasteiger partial charge in [-0.3, -0.25) is 9.59 Å². The predicted octanol–water partition coefficient (Wildman–Crippen LogP) is 3.07. The second-order valence-electron chi connectivity index (χ2n) is 6.00. The maximum atomic E-state index is 12.3. The van der Waals surface area contributed by atoms with Crippen LogP contribution in [0.4, 0.5) is 5.69 Å². The molecule has 0 spiro atoms. The van der Waals surface area contributed by atoms with Gasteiger partial charge in [-0.2, -0.15) is 5.26 Å². The molecule has 2 amide bonds. The molecule has 0 bridgehead atoms. The molecule has 1 saturated carbocycles. The number of carbonyl (C=O) groups excluding carboxylic acids is 2. The SMILES string of the molecule is CC(=O)N(CC(=O)Nc1ccccc1C#N)C1CCCCCC1. The molecule has 1 aromatic rings. The number of anilines is 1. The van der Waals surface area contributed by atoms with Gasteiger partial charge < -0.3 is 10.2 Å². The van der Waals surface area contributed by atoms with Gasteiger partial charge in [0.05, 0.1) is 11.3 Å². The quantitative estimate of drug-likeness (QED) is 0.868. The Labute approximate surface area is 137 Å².